The average molecular weight is 318 g/mol. The van der Waals surface area contributed by atoms with E-state index in [1.165, 1.54) is 5.56 Å². The molecule has 2 atom stereocenters. The summed E-state index contributed by atoms with van der Waals surface area (Å²) in [7, 11) is 0. The summed E-state index contributed by atoms with van der Waals surface area (Å²) < 4.78 is 10.9. The number of aliphatic hydroxyl groups excluding tert-OH is 1. The van der Waals surface area contributed by atoms with Crippen LogP contribution in [0.15, 0.2) is 28.8 Å². The maximum Gasteiger partial charge on any atom is 0.140 e. The van der Waals surface area contributed by atoms with Crippen molar-refractivity contribution in [2.45, 2.75) is 46.9 Å². The van der Waals surface area contributed by atoms with Crippen molar-refractivity contribution in [3.63, 3.8) is 0 Å². The van der Waals surface area contributed by atoms with E-state index in [0.717, 1.165) is 29.3 Å². The molecule has 1 heterocycles. The van der Waals surface area contributed by atoms with Crippen molar-refractivity contribution in [1.82, 2.24) is 10.5 Å². The molecule has 1 aromatic heterocycles. The first-order valence-corrected chi connectivity index (χ1v) is 7.99. The van der Waals surface area contributed by atoms with Gasteiger partial charge in [0.15, 0.2) is 0 Å². The zero-order valence-electron chi connectivity index (χ0n) is 14.3. The van der Waals surface area contributed by atoms with Crippen molar-refractivity contribution >= 4 is 0 Å². The Kier molecular flexibility index (Phi) is 6.19. The molecule has 0 bridgehead atoms. The minimum Gasteiger partial charge on any atom is -0.489 e. The molecule has 0 spiro atoms. The van der Waals surface area contributed by atoms with Crippen molar-refractivity contribution in [2.24, 2.45) is 5.92 Å². The average Bonchev–Trinajstić information content (AvgIpc) is 2.89. The van der Waals surface area contributed by atoms with Crippen LogP contribution in [-0.2, 0) is 13.2 Å². The number of aryl methyl sites for hydroxylation is 2. The minimum absolute atomic E-state index is 0.197. The monoisotopic (exact) mass is 318 g/mol. The topological polar surface area (TPSA) is 67.5 Å². The van der Waals surface area contributed by atoms with E-state index in [0.29, 0.717) is 6.61 Å². The Morgan fingerprint density at radius 1 is 1.22 bits per heavy atom. The van der Waals surface area contributed by atoms with Gasteiger partial charge in [-0.3, -0.25) is 0 Å². The second kappa shape index (κ2) is 8.13. The summed E-state index contributed by atoms with van der Waals surface area (Å²) >= 11 is 0. The summed E-state index contributed by atoms with van der Waals surface area (Å²) in [6.45, 7) is 9.36. The molecule has 0 amide bonds. The summed E-state index contributed by atoms with van der Waals surface area (Å²) in [5, 5.41) is 16.5. The van der Waals surface area contributed by atoms with E-state index in [1.54, 1.807) is 0 Å². The molecular weight excluding hydrogens is 292 g/mol. The minimum atomic E-state index is 0.197. The zero-order chi connectivity index (χ0) is 16.8. The van der Waals surface area contributed by atoms with Crippen LogP contribution < -0.4 is 10.1 Å². The first kappa shape index (κ1) is 17.5. The van der Waals surface area contributed by atoms with Gasteiger partial charge in [-0.05, 0) is 44.4 Å². The third kappa shape index (κ3) is 4.81. The van der Waals surface area contributed by atoms with Crippen LogP contribution in [0.4, 0.5) is 0 Å². The van der Waals surface area contributed by atoms with Crippen LogP contribution in [-0.4, -0.2) is 22.9 Å². The number of benzene rings is 1. The van der Waals surface area contributed by atoms with E-state index in [9.17, 15) is 0 Å². The number of aliphatic hydroxyl groups is 1. The van der Waals surface area contributed by atoms with E-state index in [2.05, 4.69) is 17.4 Å². The third-order valence-electron chi connectivity index (χ3n) is 4.26. The predicted molar refractivity (Wildman–Crippen MR) is 89.3 cm³/mol. The molecule has 0 saturated carbocycles. The molecule has 0 aliphatic heterocycles. The van der Waals surface area contributed by atoms with E-state index in [-0.39, 0.29) is 18.6 Å². The Bertz CT molecular complexity index is 588. The molecule has 0 saturated heterocycles. The Labute approximate surface area is 137 Å². The lowest BCUT2D eigenvalue weighted by Gasteiger charge is -2.19. The van der Waals surface area contributed by atoms with Gasteiger partial charge < -0.3 is 19.7 Å². The largest absolute Gasteiger partial charge is 0.489 e. The third-order valence-corrected chi connectivity index (χ3v) is 4.26. The summed E-state index contributed by atoms with van der Waals surface area (Å²) in [6, 6.07) is 8.30. The van der Waals surface area contributed by atoms with Gasteiger partial charge in [0.1, 0.15) is 18.1 Å². The van der Waals surface area contributed by atoms with E-state index >= 15 is 0 Å². The molecule has 126 valence electrons. The van der Waals surface area contributed by atoms with E-state index < -0.39 is 0 Å². The van der Waals surface area contributed by atoms with Crippen molar-refractivity contribution in [1.29, 1.82) is 0 Å². The highest BCUT2D eigenvalue weighted by atomic mass is 16.5. The van der Waals surface area contributed by atoms with Gasteiger partial charge in [0.2, 0.25) is 0 Å². The summed E-state index contributed by atoms with van der Waals surface area (Å²) in [5.41, 5.74) is 3.06. The van der Waals surface area contributed by atoms with Crippen molar-refractivity contribution in [3.8, 4) is 5.75 Å². The second-order valence-electron chi connectivity index (χ2n) is 6.06. The molecule has 5 nitrogen and oxygen atoms in total. The molecule has 2 rings (SSSR count). The molecule has 0 radical (unpaired) electrons. The highest BCUT2D eigenvalue weighted by molar-refractivity contribution is 5.28. The fourth-order valence-corrected chi connectivity index (χ4v) is 2.21. The summed E-state index contributed by atoms with van der Waals surface area (Å²) in [6.07, 6.45) is 0. The highest BCUT2D eigenvalue weighted by Crippen LogP contribution is 2.18. The molecule has 1 aromatic carbocycles. The molecule has 2 aromatic rings. The lowest BCUT2D eigenvalue weighted by molar-refractivity contribution is 0.207. The van der Waals surface area contributed by atoms with Crippen molar-refractivity contribution in [2.75, 3.05) is 6.61 Å². The van der Waals surface area contributed by atoms with Crippen LogP contribution in [0.25, 0.3) is 0 Å². The molecule has 5 heteroatoms. The Morgan fingerprint density at radius 3 is 2.48 bits per heavy atom. The van der Waals surface area contributed by atoms with E-state index in [4.69, 9.17) is 14.4 Å². The standard InChI is InChI=1S/C18H26N2O3/c1-12(10-21)13(2)19-9-16-5-7-17(8-6-16)22-11-18-14(3)20-23-15(18)4/h5-8,12-13,19,21H,9-11H2,1-4H3. The Balaban J connectivity index is 1.85. The van der Waals surface area contributed by atoms with Crippen LogP contribution in [0.3, 0.4) is 0 Å². The Morgan fingerprint density at radius 2 is 1.91 bits per heavy atom. The zero-order valence-corrected chi connectivity index (χ0v) is 14.3. The number of aromatic nitrogens is 1. The molecule has 2 unspecified atom stereocenters. The molecule has 0 fully saturated rings. The Hall–Kier alpha value is -1.85. The van der Waals surface area contributed by atoms with Crippen LogP contribution in [0.5, 0.6) is 5.75 Å². The summed E-state index contributed by atoms with van der Waals surface area (Å²) in [4.78, 5) is 0. The predicted octanol–water partition coefficient (Wildman–Crippen LogP) is 2.98. The van der Waals surface area contributed by atoms with Gasteiger partial charge in [0, 0.05) is 19.2 Å². The molecule has 0 aliphatic carbocycles. The number of hydrogen-bond acceptors (Lipinski definition) is 5. The van der Waals surface area contributed by atoms with Gasteiger partial charge >= 0.3 is 0 Å². The molecule has 23 heavy (non-hydrogen) atoms. The molecule has 2 N–H and O–H groups in total. The van der Waals surface area contributed by atoms with E-state index in [1.807, 2.05) is 45.0 Å². The molecule has 0 aliphatic rings. The van der Waals surface area contributed by atoms with Crippen LogP contribution >= 0.6 is 0 Å². The van der Waals surface area contributed by atoms with Crippen LogP contribution in [0.2, 0.25) is 0 Å². The fraction of sp³-hybridized carbons (Fsp3) is 0.500. The first-order chi connectivity index (χ1) is 11.0. The maximum atomic E-state index is 9.15. The quantitative estimate of drug-likeness (QED) is 0.783. The second-order valence-corrected chi connectivity index (χ2v) is 6.06. The summed E-state index contributed by atoms with van der Waals surface area (Å²) in [5.74, 6) is 1.87. The maximum absolute atomic E-state index is 9.15. The van der Waals surface area contributed by atoms with Crippen LogP contribution in [0.1, 0.15) is 36.4 Å². The normalized spacial score (nSPS) is 13.8. The number of nitrogens with zero attached hydrogens (tertiary/aromatic N) is 1. The van der Waals surface area contributed by atoms with Gasteiger partial charge in [-0.15, -0.1) is 0 Å². The first-order valence-electron chi connectivity index (χ1n) is 7.99. The van der Waals surface area contributed by atoms with Crippen LogP contribution in [0, 0.1) is 19.8 Å². The number of nitrogens with one attached hydrogen (secondary N) is 1. The van der Waals surface area contributed by atoms with Gasteiger partial charge in [-0.2, -0.15) is 0 Å². The molecular formula is C18H26N2O3. The van der Waals surface area contributed by atoms with Gasteiger partial charge in [-0.1, -0.05) is 24.2 Å². The lowest BCUT2D eigenvalue weighted by Crippen LogP contribution is -2.33. The number of ether oxygens (including phenoxy) is 1. The fourth-order valence-electron chi connectivity index (χ4n) is 2.21. The lowest BCUT2D eigenvalue weighted by atomic mass is 10.0. The highest BCUT2D eigenvalue weighted by Gasteiger charge is 2.11. The van der Waals surface area contributed by atoms with Crippen molar-refractivity contribution < 1.29 is 14.4 Å². The smallest absolute Gasteiger partial charge is 0.140 e. The van der Waals surface area contributed by atoms with Gasteiger partial charge in [0.25, 0.3) is 0 Å². The van der Waals surface area contributed by atoms with Gasteiger partial charge in [-0.25, -0.2) is 0 Å². The van der Waals surface area contributed by atoms with Gasteiger partial charge in [0.05, 0.1) is 11.3 Å². The van der Waals surface area contributed by atoms with Crippen molar-refractivity contribution in [3.05, 3.63) is 46.8 Å². The number of hydrogen-bond donors (Lipinski definition) is 2. The SMILES string of the molecule is Cc1noc(C)c1COc1ccc(CNC(C)C(C)CO)cc1. The number of rotatable bonds is 8.